The monoisotopic (exact) mass is 278 g/mol. The molecule has 0 aliphatic carbocycles. The van der Waals surface area contributed by atoms with Crippen molar-refractivity contribution in [2.75, 3.05) is 6.54 Å². The Kier molecular flexibility index (Phi) is 3.73. The highest BCUT2D eigenvalue weighted by molar-refractivity contribution is 5.97. The molecule has 0 saturated carbocycles. The summed E-state index contributed by atoms with van der Waals surface area (Å²) in [6.07, 6.45) is 0. The molecule has 0 bridgehead atoms. The van der Waals surface area contributed by atoms with Crippen molar-refractivity contribution in [1.29, 1.82) is 0 Å². The lowest BCUT2D eigenvalue weighted by Crippen LogP contribution is -2.27. The first-order chi connectivity index (χ1) is 10.2. The fraction of sp³-hybridized carbons (Fsp3) is 0.167. The molecule has 0 aliphatic rings. The maximum atomic E-state index is 12.2. The van der Waals surface area contributed by atoms with Crippen molar-refractivity contribution >= 4 is 16.8 Å². The third kappa shape index (κ3) is 2.97. The van der Waals surface area contributed by atoms with Crippen LogP contribution in [0.5, 0.6) is 0 Å². The van der Waals surface area contributed by atoms with Gasteiger partial charge < -0.3 is 10.3 Å². The Morgan fingerprint density at radius 1 is 1.10 bits per heavy atom. The predicted molar refractivity (Wildman–Crippen MR) is 85.5 cm³/mol. The van der Waals surface area contributed by atoms with E-state index in [2.05, 4.69) is 29.4 Å². The molecule has 1 aromatic heterocycles. The SMILES string of the molecule is C[C@H](CNC(=O)c1cc2ccccc2[nH]1)c1ccccc1. The lowest BCUT2D eigenvalue weighted by atomic mass is 10.0. The Bertz CT molecular complexity index is 713. The molecule has 1 atom stereocenters. The number of hydrogen-bond donors (Lipinski definition) is 2. The quantitative estimate of drug-likeness (QED) is 0.751. The van der Waals surface area contributed by atoms with Crippen LogP contribution in [0.25, 0.3) is 10.9 Å². The summed E-state index contributed by atoms with van der Waals surface area (Å²) in [6, 6.07) is 20.0. The Hall–Kier alpha value is -2.55. The average molecular weight is 278 g/mol. The summed E-state index contributed by atoms with van der Waals surface area (Å²) in [5.74, 6) is 0.230. The fourth-order valence-corrected chi connectivity index (χ4v) is 2.44. The van der Waals surface area contributed by atoms with Crippen LogP contribution in [-0.2, 0) is 0 Å². The molecule has 0 aliphatic heterocycles. The van der Waals surface area contributed by atoms with E-state index in [0.717, 1.165) is 10.9 Å². The molecule has 0 radical (unpaired) electrons. The van der Waals surface area contributed by atoms with Crippen LogP contribution in [0.15, 0.2) is 60.7 Å². The number of aromatic amines is 1. The normalized spacial score (nSPS) is 12.2. The topological polar surface area (TPSA) is 44.9 Å². The molecule has 0 saturated heterocycles. The summed E-state index contributed by atoms with van der Waals surface area (Å²) in [5.41, 5.74) is 2.82. The van der Waals surface area contributed by atoms with Crippen LogP contribution in [0, 0.1) is 0 Å². The van der Waals surface area contributed by atoms with Gasteiger partial charge in [-0.1, -0.05) is 55.5 Å². The highest BCUT2D eigenvalue weighted by atomic mass is 16.1. The standard InChI is InChI=1S/C18H18N2O/c1-13(14-7-3-2-4-8-14)12-19-18(21)17-11-15-9-5-6-10-16(15)20-17/h2-11,13,20H,12H2,1H3,(H,19,21)/t13-/m1/s1. The minimum absolute atomic E-state index is 0.0611. The average Bonchev–Trinajstić information content (AvgIpc) is 2.97. The molecule has 1 amide bonds. The first-order valence-electron chi connectivity index (χ1n) is 7.15. The zero-order chi connectivity index (χ0) is 14.7. The van der Waals surface area contributed by atoms with Crippen LogP contribution in [0.4, 0.5) is 0 Å². The van der Waals surface area contributed by atoms with Crippen molar-refractivity contribution in [3.05, 3.63) is 71.9 Å². The summed E-state index contributed by atoms with van der Waals surface area (Å²) >= 11 is 0. The van der Waals surface area contributed by atoms with E-state index < -0.39 is 0 Å². The third-order valence-electron chi connectivity index (χ3n) is 3.71. The molecule has 0 unspecified atom stereocenters. The Labute approximate surface area is 124 Å². The van der Waals surface area contributed by atoms with Gasteiger partial charge in [0.1, 0.15) is 5.69 Å². The van der Waals surface area contributed by atoms with Gasteiger partial charge in [-0.2, -0.15) is 0 Å². The minimum atomic E-state index is -0.0611. The molecule has 21 heavy (non-hydrogen) atoms. The Morgan fingerprint density at radius 2 is 1.81 bits per heavy atom. The molecular weight excluding hydrogens is 260 g/mol. The van der Waals surface area contributed by atoms with E-state index in [1.807, 2.05) is 48.5 Å². The first kappa shape index (κ1) is 13.4. The van der Waals surface area contributed by atoms with Crippen LogP contribution in [-0.4, -0.2) is 17.4 Å². The molecule has 2 aromatic carbocycles. The molecule has 106 valence electrons. The summed E-state index contributed by atoms with van der Waals surface area (Å²) in [5, 5.41) is 4.04. The number of hydrogen-bond acceptors (Lipinski definition) is 1. The maximum Gasteiger partial charge on any atom is 0.267 e. The molecular formula is C18H18N2O. The van der Waals surface area contributed by atoms with Gasteiger partial charge in [0.15, 0.2) is 0 Å². The highest BCUT2D eigenvalue weighted by Gasteiger charge is 2.11. The number of amides is 1. The van der Waals surface area contributed by atoms with Crippen LogP contribution in [0.2, 0.25) is 0 Å². The zero-order valence-electron chi connectivity index (χ0n) is 12.0. The van der Waals surface area contributed by atoms with E-state index in [1.165, 1.54) is 5.56 Å². The Balaban J connectivity index is 1.66. The molecule has 3 nitrogen and oxygen atoms in total. The van der Waals surface area contributed by atoms with E-state index in [9.17, 15) is 4.79 Å². The van der Waals surface area contributed by atoms with Gasteiger partial charge in [-0.25, -0.2) is 0 Å². The van der Waals surface area contributed by atoms with Crippen molar-refractivity contribution < 1.29 is 4.79 Å². The lowest BCUT2D eigenvalue weighted by Gasteiger charge is -2.12. The number of benzene rings is 2. The van der Waals surface area contributed by atoms with Crippen molar-refractivity contribution in [2.24, 2.45) is 0 Å². The summed E-state index contributed by atoms with van der Waals surface area (Å²) in [7, 11) is 0. The summed E-state index contributed by atoms with van der Waals surface area (Å²) in [4.78, 5) is 15.4. The second-order valence-electron chi connectivity index (χ2n) is 5.29. The van der Waals surface area contributed by atoms with E-state index in [-0.39, 0.29) is 5.91 Å². The molecule has 1 heterocycles. The molecule has 3 aromatic rings. The lowest BCUT2D eigenvalue weighted by molar-refractivity contribution is 0.0947. The summed E-state index contributed by atoms with van der Waals surface area (Å²) in [6.45, 7) is 2.74. The van der Waals surface area contributed by atoms with Crippen molar-refractivity contribution in [1.82, 2.24) is 10.3 Å². The summed E-state index contributed by atoms with van der Waals surface area (Å²) < 4.78 is 0. The molecule has 3 rings (SSSR count). The maximum absolute atomic E-state index is 12.2. The largest absolute Gasteiger partial charge is 0.351 e. The smallest absolute Gasteiger partial charge is 0.267 e. The fourth-order valence-electron chi connectivity index (χ4n) is 2.44. The number of aromatic nitrogens is 1. The Morgan fingerprint density at radius 3 is 2.57 bits per heavy atom. The number of para-hydroxylation sites is 1. The number of carbonyl (C=O) groups excluding carboxylic acids is 1. The van der Waals surface area contributed by atoms with Crippen molar-refractivity contribution in [3.63, 3.8) is 0 Å². The molecule has 3 heteroatoms. The van der Waals surface area contributed by atoms with Crippen molar-refractivity contribution in [2.45, 2.75) is 12.8 Å². The van der Waals surface area contributed by atoms with Crippen LogP contribution < -0.4 is 5.32 Å². The van der Waals surface area contributed by atoms with E-state index in [0.29, 0.717) is 18.2 Å². The highest BCUT2D eigenvalue weighted by Crippen LogP contribution is 2.16. The number of nitrogens with one attached hydrogen (secondary N) is 2. The van der Waals surface area contributed by atoms with E-state index >= 15 is 0 Å². The second-order valence-corrected chi connectivity index (χ2v) is 5.29. The van der Waals surface area contributed by atoms with Gasteiger partial charge in [0, 0.05) is 17.4 Å². The van der Waals surface area contributed by atoms with E-state index in [1.54, 1.807) is 0 Å². The van der Waals surface area contributed by atoms with Gasteiger partial charge in [0.05, 0.1) is 0 Å². The minimum Gasteiger partial charge on any atom is -0.351 e. The molecule has 0 fully saturated rings. The van der Waals surface area contributed by atoms with Crippen LogP contribution in [0.1, 0.15) is 28.9 Å². The second kappa shape index (κ2) is 5.83. The molecule has 2 N–H and O–H groups in total. The van der Waals surface area contributed by atoms with Gasteiger partial charge in [0.2, 0.25) is 0 Å². The third-order valence-corrected chi connectivity index (χ3v) is 3.71. The zero-order valence-corrected chi connectivity index (χ0v) is 12.0. The van der Waals surface area contributed by atoms with Gasteiger partial charge in [0.25, 0.3) is 5.91 Å². The van der Waals surface area contributed by atoms with Crippen molar-refractivity contribution in [3.8, 4) is 0 Å². The molecule has 0 spiro atoms. The van der Waals surface area contributed by atoms with Crippen LogP contribution in [0.3, 0.4) is 0 Å². The number of fused-ring (bicyclic) bond motifs is 1. The van der Waals surface area contributed by atoms with E-state index in [4.69, 9.17) is 0 Å². The number of rotatable bonds is 4. The van der Waals surface area contributed by atoms with Gasteiger partial charge in [-0.15, -0.1) is 0 Å². The van der Waals surface area contributed by atoms with Gasteiger partial charge >= 0.3 is 0 Å². The number of H-pyrrole nitrogens is 1. The van der Waals surface area contributed by atoms with Gasteiger partial charge in [-0.3, -0.25) is 4.79 Å². The number of carbonyl (C=O) groups is 1. The predicted octanol–water partition coefficient (Wildman–Crippen LogP) is 3.70. The first-order valence-corrected chi connectivity index (χ1v) is 7.15. The van der Waals surface area contributed by atoms with Gasteiger partial charge in [-0.05, 0) is 23.6 Å². The van der Waals surface area contributed by atoms with Crippen LogP contribution >= 0.6 is 0 Å².